The van der Waals surface area contributed by atoms with Crippen molar-refractivity contribution in [2.75, 3.05) is 7.11 Å². The van der Waals surface area contributed by atoms with Gasteiger partial charge in [-0.3, -0.25) is 4.79 Å². The molecular formula is C16H16BrNO2. The maximum Gasteiger partial charge on any atom is 0.217 e. The molecule has 0 saturated carbocycles. The minimum Gasteiger partial charge on any atom is -0.496 e. The third kappa shape index (κ3) is 3.39. The summed E-state index contributed by atoms with van der Waals surface area (Å²) in [7, 11) is 1.63. The van der Waals surface area contributed by atoms with Gasteiger partial charge in [-0.05, 0) is 39.2 Å². The highest BCUT2D eigenvalue weighted by molar-refractivity contribution is 9.10. The van der Waals surface area contributed by atoms with E-state index in [-0.39, 0.29) is 11.9 Å². The smallest absolute Gasteiger partial charge is 0.217 e. The molecule has 104 valence electrons. The molecule has 0 bridgehead atoms. The maximum absolute atomic E-state index is 11.5. The standard InChI is InChI=1S/C16H16BrNO2/c1-11(19)18-16(12-6-4-3-5-7-12)13-8-9-15(20-2)14(17)10-13/h3-10,16H,1-2H3,(H,18,19). The first-order valence-electron chi connectivity index (χ1n) is 6.27. The first-order valence-corrected chi connectivity index (χ1v) is 7.06. The average Bonchev–Trinajstić information content (AvgIpc) is 2.45. The summed E-state index contributed by atoms with van der Waals surface area (Å²) in [5.41, 5.74) is 2.04. The number of carbonyl (C=O) groups excluding carboxylic acids is 1. The molecule has 1 N–H and O–H groups in total. The third-order valence-corrected chi connectivity index (χ3v) is 3.61. The zero-order valence-electron chi connectivity index (χ0n) is 11.4. The van der Waals surface area contributed by atoms with Crippen molar-refractivity contribution in [3.8, 4) is 5.75 Å². The number of nitrogens with one attached hydrogen (secondary N) is 1. The molecule has 0 saturated heterocycles. The number of amides is 1. The number of benzene rings is 2. The molecule has 1 atom stereocenters. The lowest BCUT2D eigenvalue weighted by atomic mass is 9.98. The number of hydrogen-bond donors (Lipinski definition) is 1. The molecule has 3 nitrogen and oxygen atoms in total. The molecule has 0 aromatic heterocycles. The molecular weight excluding hydrogens is 318 g/mol. The molecule has 1 unspecified atom stereocenters. The van der Waals surface area contributed by atoms with Crippen molar-refractivity contribution in [1.82, 2.24) is 5.32 Å². The van der Waals surface area contributed by atoms with E-state index in [9.17, 15) is 4.79 Å². The van der Waals surface area contributed by atoms with Crippen molar-refractivity contribution in [1.29, 1.82) is 0 Å². The Labute approximate surface area is 127 Å². The molecule has 2 aromatic rings. The van der Waals surface area contributed by atoms with Gasteiger partial charge < -0.3 is 10.1 Å². The van der Waals surface area contributed by atoms with E-state index < -0.39 is 0 Å². The van der Waals surface area contributed by atoms with E-state index in [4.69, 9.17) is 4.74 Å². The Morgan fingerprint density at radius 3 is 2.40 bits per heavy atom. The summed E-state index contributed by atoms with van der Waals surface area (Å²) in [6.07, 6.45) is 0. The summed E-state index contributed by atoms with van der Waals surface area (Å²) in [6.45, 7) is 1.52. The summed E-state index contributed by atoms with van der Waals surface area (Å²) >= 11 is 3.48. The SMILES string of the molecule is COc1ccc(C(NC(C)=O)c2ccccc2)cc1Br. The average molecular weight is 334 g/mol. The number of hydrogen-bond acceptors (Lipinski definition) is 2. The van der Waals surface area contributed by atoms with Crippen molar-refractivity contribution in [2.24, 2.45) is 0 Å². The number of halogens is 1. The maximum atomic E-state index is 11.5. The van der Waals surface area contributed by atoms with E-state index >= 15 is 0 Å². The van der Waals surface area contributed by atoms with Crippen LogP contribution in [0.5, 0.6) is 5.75 Å². The predicted molar refractivity (Wildman–Crippen MR) is 82.8 cm³/mol. The first kappa shape index (κ1) is 14.6. The molecule has 0 aliphatic carbocycles. The fourth-order valence-corrected chi connectivity index (χ4v) is 2.63. The van der Waals surface area contributed by atoms with Crippen molar-refractivity contribution >= 4 is 21.8 Å². The molecule has 0 spiro atoms. The number of carbonyl (C=O) groups is 1. The van der Waals surface area contributed by atoms with E-state index in [1.165, 1.54) is 6.92 Å². The van der Waals surface area contributed by atoms with Crippen LogP contribution in [0.1, 0.15) is 24.1 Å². The topological polar surface area (TPSA) is 38.3 Å². The Bertz CT molecular complexity index is 599. The van der Waals surface area contributed by atoms with Crippen LogP contribution in [0.15, 0.2) is 53.0 Å². The Morgan fingerprint density at radius 1 is 1.15 bits per heavy atom. The summed E-state index contributed by atoms with van der Waals surface area (Å²) < 4.78 is 6.10. The fraction of sp³-hybridized carbons (Fsp3) is 0.188. The first-order chi connectivity index (χ1) is 9.61. The molecule has 1 amide bonds. The summed E-state index contributed by atoms with van der Waals surface area (Å²) in [4.78, 5) is 11.5. The van der Waals surface area contributed by atoms with Crippen LogP contribution in [-0.2, 0) is 4.79 Å². The van der Waals surface area contributed by atoms with Crippen molar-refractivity contribution < 1.29 is 9.53 Å². The highest BCUT2D eigenvalue weighted by Gasteiger charge is 2.16. The molecule has 4 heteroatoms. The van der Waals surface area contributed by atoms with E-state index in [2.05, 4.69) is 21.2 Å². The van der Waals surface area contributed by atoms with E-state index in [1.54, 1.807) is 7.11 Å². The van der Waals surface area contributed by atoms with Crippen molar-refractivity contribution in [2.45, 2.75) is 13.0 Å². The fourth-order valence-electron chi connectivity index (χ4n) is 2.07. The summed E-state index contributed by atoms with van der Waals surface area (Å²) in [6, 6.07) is 15.5. The van der Waals surface area contributed by atoms with Crippen LogP contribution < -0.4 is 10.1 Å². The highest BCUT2D eigenvalue weighted by Crippen LogP contribution is 2.30. The van der Waals surface area contributed by atoms with Gasteiger partial charge in [0.15, 0.2) is 0 Å². The second-order valence-corrected chi connectivity index (χ2v) is 5.29. The highest BCUT2D eigenvalue weighted by atomic mass is 79.9. The quantitative estimate of drug-likeness (QED) is 0.926. The van der Waals surface area contributed by atoms with Gasteiger partial charge in [0.05, 0.1) is 17.6 Å². The summed E-state index contributed by atoms with van der Waals surface area (Å²) in [5, 5.41) is 2.98. The van der Waals surface area contributed by atoms with E-state index in [1.807, 2.05) is 48.5 Å². The van der Waals surface area contributed by atoms with Gasteiger partial charge in [-0.2, -0.15) is 0 Å². The Kier molecular flexibility index (Phi) is 4.79. The number of rotatable bonds is 4. The van der Waals surface area contributed by atoms with Crippen molar-refractivity contribution in [3.05, 3.63) is 64.1 Å². The molecule has 2 aromatic carbocycles. The third-order valence-electron chi connectivity index (χ3n) is 2.99. The molecule has 0 radical (unpaired) electrons. The Hall–Kier alpha value is -1.81. The minimum atomic E-state index is -0.170. The van der Waals surface area contributed by atoms with Crippen LogP contribution in [0.3, 0.4) is 0 Å². The van der Waals surface area contributed by atoms with Gasteiger partial charge in [-0.25, -0.2) is 0 Å². The lowest BCUT2D eigenvalue weighted by Gasteiger charge is -2.19. The molecule has 0 aliphatic rings. The van der Waals surface area contributed by atoms with Gasteiger partial charge in [0.2, 0.25) is 5.91 Å². The number of ether oxygens (including phenoxy) is 1. The molecule has 0 aliphatic heterocycles. The molecule has 0 heterocycles. The van der Waals surface area contributed by atoms with Gasteiger partial charge in [0, 0.05) is 6.92 Å². The van der Waals surface area contributed by atoms with Gasteiger partial charge >= 0.3 is 0 Å². The zero-order chi connectivity index (χ0) is 14.5. The Balaban J connectivity index is 2.41. The van der Waals surface area contributed by atoms with Crippen LogP contribution in [0.25, 0.3) is 0 Å². The van der Waals surface area contributed by atoms with Crippen LogP contribution in [0.2, 0.25) is 0 Å². The second kappa shape index (κ2) is 6.57. The second-order valence-electron chi connectivity index (χ2n) is 4.44. The monoisotopic (exact) mass is 333 g/mol. The lowest BCUT2D eigenvalue weighted by molar-refractivity contribution is -0.119. The van der Waals surface area contributed by atoms with Gasteiger partial charge in [0.25, 0.3) is 0 Å². The van der Waals surface area contributed by atoms with Crippen molar-refractivity contribution in [3.63, 3.8) is 0 Å². The van der Waals surface area contributed by atoms with Crippen LogP contribution in [-0.4, -0.2) is 13.0 Å². The van der Waals surface area contributed by atoms with Gasteiger partial charge in [-0.1, -0.05) is 36.4 Å². The van der Waals surface area contributed by atoms with Crippen LogP contribution in [0.4, 0.5) is 0 Å². The normalized spacial score (nSPS) is 11.8. The molecule has 2 rings (SSSR count). The molecule has 0 fully saturated rings. The van der Waals surface area contributed by atoms with Crippen LogP contribution >= 0.6 is 15.9 Å². The van der Waals surface area contributed by atoms with Gasteiger partial charge in [-0.15, -0.1) is 0 Å². The summed E-state index contributed by atoms with van der Waals surface area (Å²) in [5.74, 6) is 0.703. The van der Waals surface area contributed by atoms with Crippen LogP contribution in [0, 0.1) is 0 Å². The van der Waals surface area contributed by atoms with Gasteiger partial charge in [0.1, 0.15) is 5.75 Å². The molecule has 20 heavy (non-hydrogen) atoms. The Morgan fingerprint density at radius 2 is 1.85 bits per heavy atom. The zero-order valence-corrected chi connectivity index (χ0v) is 13.0. The number of methoxy groups -OCH3 is 1. The van der Waals surface area contributed by atoms with E-state index in [0.717, 1.165) is 21.3 Å². The largest absolute Gasteiger partial charge is 0.496 e. The lowest BCUT2D eigenvalue weighted by Crippen LogP contribution is -2.26. The minimum absolute atomic E-state index is 0.0641. The van der Waals surface area contributed by atoms with E-state index in [0.29, 0.717) is 0 Å². The predicted octanol–water partition coefficient (Wildman–Crippen LogP) is 3.68.